The van der Waals surface area contributed by atoms with Crippen molar-refractivity contribution in [2.45, 2.75) is 134 Å². The number of sulfonamides is 1. The van der Waals surface area contributed by atoms with Gasteiger partial charge in [-0.25, -0.2) is 8.42 Å². The number of nitrogens with zero attached hydrogens (tertiary/aromatic N) is 3. The Morgan fingerprint density at radius 2 is 1.39 bits per heavy atom. The molecule has 0 aliphatic heterocycles. The largest absolute Gasteiger partial charge is 0.356 e. The molecule has 0 aliphatic carbocycles. The third kappa shape index (κ3) is 22.2. The number of aldehydes is 1. The molecule has 1 rings (SSSR count). The molecule has 1 atom stereocenters. The van der Waals surface area contributed by atoms with Gasteiger partial charge in [0.25, 0.3) is 0 Å². The van der Waals surface area contributed by atoms with E-state index < -0.39 is 15.9 Å². The van der Waals surface area contributed by atoms with Gasteiger partial charge in [0.2, 0.25) is 21.8 Å². The van der Waals surface area contributed by atoms with Crippen LogP contribution in [0.4, 0.5) is 0 Å². The van der Waals surface area contributed by atoms with Gasteiger partial charge in [-0.05, 0) is 38.5 Å². The summed E-state index contributed by atoms with van der Waals surface area (Å²) in [6.07, 6.45) is 19.1. The predicted molar refractivity (Wildman–Crippen MR) is 163 cm³/mol. The van der Waals surface area contributed by atoms with Gasteiger partial charge in [0.15, 0.2) is 5.82 Å². The van der Waals surface area contributed by atoms with Crippen molar-refractivity contribution < 1.29 is 22.8 Å². The number of rotatable bonds is 28. The zero-order valence-electron chi connectivity index (χ0n) is 24.4. The number of hydrogen-bond donors (Lipinski definition) is 5. The zero-order valence-corrected chi connectivity index (χ0v) is 26.2. The topological polar surface area (TPSA) is 176 Å². The Hall–Kier alpha value is -2.06. The summed E-state index contributed by atoms with van der Waals surface area (Å²) in [4.78, 5) is 34.6. The number of thiol groups is 1. The Morgan fingerprint density at radius 1 is 0.805 bits per heavy atom. The van der Waals surface area contributed by atoms with Gasteiger partial charge in [0.05, 0.1) is 11.8 Å². The fraction of sp³-hybridized carbons (Fsp3) is 0.852. The van der Waals surface area contributed by atoms with Gasteiger partial charge >= 0.3 is 0 Å². The maximum atomic E-state index is 12.1. The smallest absolute Gasteiger partial charge is 0.234 e. The first-order chi connectivity index (χ1) is 19.9. The van der Waals surface area contributed by atoms with Crippen LogP contribution < -0.4 is 14.8 Å². The second-order valence-electron chi connectivity index (χ2n) is 10.6. The lowest BCUT2D eigenvalue weighted by molar-refractivity contribution is -0.121. The molecule has 0 saturated heterocycles. The summed E-state index contributed by atoms with van der Waals surface area (Å²) in [5.74, 6) is -0.170. The summed E-state index contributed by atoms with van der Waals surface area (Å²) in [5.41, 5.74) is 0. The van der Waals surface area contributed by atoms with Crippen LogP contribution in [0.5, 0.6) is 0 Å². The number of tetrazole rings is 1. The van der Waals surface area contributed by atoms with Gasteiger partial charge < -0.3 is 10.1 Å². The van der Waals surface area contributed by atoms with Crippen molar-refractivity contribution >= 4 is 40.9 Å². The molecule has 0 aromatic carbocycles. The average molecular weight is 618 g/mol. The summed E-state index contributed by atoms with van der Waals surface area (Å²) in [5, 5.41) is 16.7. The molecule has 0 fully saturated rings. The van der Waals surface area contributed by atoms with Crippen LogP contribution in [0.15, 0.2) is 0 Å². The maximum absolute atomic E-state index is 12.1. The van der Waals surface area contributed by atoms with Crippen LogP contribution in [-0.2, 0) is 30.8 Å². The minimum atomic E-state index is -3.73. The van der Waals surface area contributed by atoms with E-state index in [1.54, 1.807) is 0 Å². The van der Waals surface area contributed by atoms with Gasteiger partial charge in [0, 0.05) is 25.8 Å². The molecule has 14 heteroatoms. The van der Waals surface area contributed by atoms with E-state index in [1.165, 1.54) is 51.4 Å². The van der Waals surface area contributed by atoms with Crippen molar-refractivity contribution in [3.05, 3.63) is 5.82 Å². The molecule has 12 nitrogen and oxygen atoms in total. The van der Waals surface area contributed by atoms with E-state index in [0.717, 1.165) is 50.6 Å². The second kappa shape index (κ2) is 24.5. The first-order valence-electron chi connectivity index (χ1n) is 15.2. The fourth-order valence-electron chi connectivity index (χ4n) is 4.47. The SMILES string of the molecule is O=C[C@H](CCCCNC(=O)CCCS(=O)(=O)NC(=O)CCCCCCCCCCCCCCCc1nn[nH]n1)NS. The summed E-state index contributed by atoms with van der Waals surface area (Å²) < 4.78 is 29.0. The van der Waals surface area contributed by atoms with Crippen LogP contribution in [0.3, 0.4) is 0 Å². The number of nitrogens with one attached hydrogen (secondary N) is 4. The molecule has 41 heavy (non-hydrogen) atoms. The number of amides is 2. The number of aromatic amines is 1. The van der Waals surface area contributed by atoms with Crippen molar-refractivity contribution in [1.29, 1.82) is 0 Å². The number of carbonyl (C=O) groups excluding carboxylic acids is 3. The van der Waals surface area contributed by atoms with Crippen molar-refractivity contribution in [3.63, 3.8) is 0 Å². The molecule has 0 spiro atoms. The van der Waals surface area contributed by atoms with E-state index in [9.17, 15) is 22.8 Å². The van der Waals surface area contributed by atoms with E-state index >= 15 is 0 Å². The van der Waals surface area contributed by atoms with Crippen molar-refractivity contribution in [2.24, 2.45) is 0 Å². The van der Waals surface area contributed by atoms with E-state index in [0.29, 0.717) is 25.8 Å². The van der Waals surface area contributed by atoms with Gasteiger partial charge in [-0.2, -0.15) is 5.21 Å². The Morgan fingerprint density at radius 3 is 1.95 bits per heavy atom. The highest BCUT2D eigenvalue weighted by Crippen LogP contribution is 2.13. The Labute approximate surface area is 251 Å². The Bertz CT molecular complexity index is 917. The fourth-order valence-corrected chi connectivity index (χ4v) is 5.73. The summed E-state index contributed by atoms with van der Waals surface area (Å²) >= 11 is 3.86. The number of hydrogen-bond acceptors (Lipinski definition) is 10. The number of aromatic nitrogens is 4. The van der Waals surface area contributed by atoms with E-state index in [2.05, 4.69) is 48.2 Å². The highest BCUT2D eigenvalue weighted by Gasteiger charge is 2.15. The molecular weight excluding hydrogens is 566 g/mol. The van der Waals surface area contributed by atoms with Crippen molar-refractivity contribution in [1.82, 2.24) is 35.4 Å². The molecule has 236 valence electrons. The summed E-state index contributed by atoms with van der Waals surface area (Å²) in [6.45, 7) is 0.465. The standard InChI is InChI=1S/C27H51N7O5S2/c35-23-24(31-40)17-14-15-21-28-26(36)20-16-22-41(38,39)32-27(37)19-13-11-9-7-5-3-1-2-4-6-8-10-12-18-25-29-33-34-30-25/h23-24,31,40H,1-22H2,(H,28,36)(H,32,37)(H,29,30,33,34)/t24-/m0/s1. The minimum Gasteiger partial charge on any atom is -0.356 e. The lowest BCUT2D eigenvalue weighted by Gasteiger charge is -2.09. The molecular formula is C27H51N7O5S2. The monoisotopic (exact) mass is 617 g/mol. The first kappa shape index (κ1) is 37.0. The molecule has 4 N–H and O–H groups in total. The van der Waals surface area contributed by atoms with Crippen molar-refractivity contribution in [2.75, 3.05) is 12.3 Å². The van der Waals surface area contributed by atoms with Crippen molar-refractivity contribution in [3.8, 4) is 0 Å². The number of aryl methyl sites for hydroxylation is 1. The molecule has 1 aromatic rings. The highest BCUT2D eigenvalue weighted by molar-refractivity contribution is 7.90. The third-order valence-electron chi connectivity index (χ3n) is 6.87. The molecule has 1 aromatic heterocycles. The number of unbranched alkanes of at least 4 members (excludes halogenated alkanes) is 13. The van der Waals surface area contributed by atoms with Crippen LogP contribution >= 0.6 is 12.8 Å². The van der Waals surface area contributed by atoms with Gasteiger partial charge in [0.1, 0.15) is 6.29 Å². The quantitative estimate of drug-likeness (QED) is 0.0533. The molecule has 1 heterocycles. The van der Waals surface area contributed by atoms with Gasteiger partial charge in [-0.1, -0.05) is 88.7 Å². The molecule has 0 bridgehead atoms. The molecule has 0 saturated carbocycles. The van der Waals surface area contributed by atoms with Crippen LogP contribution in [0.25, 0.3) is 0 Å². The lowest BCUT2D eigenvalue weighted by atomic mass is 10.0. The lowest BCUT2D eigenvalue weighted by Crippen LogP contribution is -2.33. The summed E-state index contributed by atoms with van der Waals surface area (Å²) in [6, 6.07) is -0.304. The highest BCUT2D eigenvalue weighted by atomic mass is 32.2. The van der Waals surface area contributed by atoms with Crippen LogP contribution in [0.2, 0.25) is 0 Å². The van der Waals surface area contributed by atoms with Crippen LogP contribution in [0.1, 0.15) is 128 Å². The summed E-state index contributed by atoms with van der Waals surface area (Å²) in [7, 11) is -3.73. The molecule has 0 aliphatic rings. The average Bonchev–Trinajstić information content (AvgIpc) is 3.46. The molecule has 0 unspecified atom stereocenters. The minimum absolute atomic E-state index is 0.0772. The van der Waals surface area contributed by atoms with E-state index in [-0.39, 0.29) is 37.0 Å². The zero-order chi connectivity index (χ0) is 30.0. The molecule has 2 amide bonds. The van der Waals surface area contributed by atoms with E-state index in [4.69, 9.17) is 0 Å². The Balaban J connectivity index is 1.89. The van der Waals surface area contributed by atoms with Gasteiger partial charge in [-0.3, -0.25) is 19.0 Å². The normalized spacial score (nSPS) is 12.2. The first-order valence-corrected chi connectivity index (χ1v) is 17.3. The van der Waals surface area contributed by atoms with E-state index in [1.807, 2.05) is 0 Å². The second-order valence-corrected chi connectivity index (χ2v) is 12.7. The maximum Gasteiger partial charge on any atom is 0.234 e. The number of H-pyrrole nitrogens is 1. The van der Waals surface area contributed by atoms with Crippen LogP contribution in [0, 0.1) is 0 Å². The third-order valence-corrected chi connectivity index (χ3v) is 8.57. The Kier molecular flexibility index (Phi) is 22.1. The predicted octanol–water partition coefficient (Wildman–Crippen LogP) is 3.72. The van der Waals surface area contributed by atoms with Gasteiger partial charge in [-0.15, -0.1) is 10.2 Å². The number of carbonyl (C=O) groups is 3. The van der Waals surface area contributed by atoms with Crippen LogP contribution in [-0.4, -0.2) is 65.5 Å². The molecule has 0 radical (unpaired) electrons.